The first-order chi connectivity index (χ1) is 11.7. The summed E-state index contributed by atoms with van der Waals surface area (Å²) in [5, 5.41) is 3.36. The molecule has 0 radical (unpaired) electrons. The number of hydrogen-bond donors (Lipinski definition) is 1. The van der Waals surface area contributed by atoms with Crippen molar-refractivity contribution in [2.75, 3.05) is 5.32 Å². The number of benzene rings is 2. The maximum absolute atomic E-state index is 12.6. The maximum atomic E-state index is 12.6. The molecule has 2 aromatic carbocycles. The predicted molar refractivity (Wildman–Crippen MR) is 91.6 cm³/mol. The van der Waals surface area contributed by atoms with E-state index in [9.17, 15) is 9.59 Å². The van der Waals surface area contributed by atoms with Crippen LogP contribution < -0.4 is 5.32 Å². The van der Waals surface area contributed by atoms with E-state index in [0.29, 0.717) is 5.13 Å². The van der Waals surface area contributed by atoms with Gasteiger partial charge in [-0.15, -0.1) is 0 Å². The molecular weight excluding hydrogens is 324 g/mol. The van der Waals surface area contributed by atoms with Crippen LogP contribution in [-0.2, 0) is 14.3 Å². The Morgan fingerprint density at radius 2 is 1.88 bits per heavy atom. The maximum Gasteiger partial charge on any atom is 0.307 e. The average molecular weight is 338 g/mol. The fourth-order valence-electron chi connectivity index (χ4n) is 2.86. The van der Waals surface area contributed by atoms with Crippen molar-refractivity contribution in [3.8, 4) is 0 Å². The Labute approximate surface area is 142 Å². The van der Waals surface area contributed by atoms with Crippen LogP contribution in [0.1, 0.15) is 18.1 Å². The van der Waals surface area contributed by atoms with Crippen molar-refractivity contribution in [1.29, 1.82) is 0 Å². The van der Waals surface area contributed by atoms with Gasteiger partial charge < -0.3 is 10.1 Å². The summed E-state index contributed by atoms with van der Waals surface area (Å²) in [6, 6.07) is 17.0. The van der Waals surface area contributed by atoms with E-state index in [4.69, 9.17) is 4.74 Å². The van der Waals surface area contributed by atoms with Gasteiger partial charge in [0.2, 0.25) is 5.91 Å². The van der Waals surface area contributed by atoms with E-state index in [1.165, 1.54) is 11.3 Å². The smallest absolute Gasteiger partial charge is 0.307 e. The minimum atomic E-state index is -0.549. The SMILES string of the molecule is O=C1CC(C(=O)Nc2nc3ccccc3s2)C(c2ccccc2)O1. The van der Waals surface area contributed by atoms with Crippen LogP contribution >= 0.6 is 11.3 Å². The number of nitrogens with one attached hydrogen (secondary N) is 1. The Morgan fingerprint density at radius 3 is 2.67 bits per heavy atom. The second-order valence-electron chi connectivity index (χ2n) is 5.61. The van der Waals surface area contributed by atoms with Gasteiger partial charge in [-0.3, -0.25) is 9.59 Å². The van der Waals surface area contributed by atoms with Gasteiger partial charge in [-0.25, -0.2) is 4.98 Å². The quantitative estimate of drug-likeness (QED) is 0.742. The number of esters is 1. The van der Waals surface area contributed by atoms with Crippen molar-refractivity contribution in [3.05, 3.63) is 60.2 Å². The number of carbonyl (C=O) groups is 2. The van der Waals surface area contributed by atoms with E-state index >= 15 is 0 Å². The van der Waals surface area contributed by atoms with Crippen LogP contribution in [0.25, 0.3) is 10.2 Å². The molecule has 1 saturated heterocycles. The average Bonchev–Trinajstić information content (AvgIpc) is 3.18. The molecule has 1 aliphatic heterocycles. The molecule has 6 heteroatoms. The summed E-state index contributed by atoms with van der Waals surface area (Å²) < 4.78 is 6.37. The molecule has 1 amide bonds. The van der Waals surface area contributed by atoms with Gasteiger partial charge in [-0.1, -0.05) is 53.8 Å². The summed E-state index contributed by atoms with van der Waals surface area (Å²) >= 11 is 1.41. The van der Waals surface area contributed by atoms with Crippen LogP contribution in [0, 0.1) is 5.92 Å². The van der Waals surface area contributed by atoms with Crippen LogP contribution in [-0.4, -0.2) is 16.9 Å². The number of para-hydroxylation sites is 1. The predicted octanol–water partition coefficient (Wildman–Crippen LogP) is 3.54. The zero-order valence-electron chi connectivity index (χ0n) is 12.6. The molecule has 0 aliphatic carbocycles. The van der Waals surface area contributed by atoms with Crippen molar-refractivity contribution in [2.45, 2.75) is 12.5 Å². The van der Waals surface area contributed by atoms with Crippen molar-refractivity contribution in [2.24, 2.45) is 5.92 Å². The Bertz CT molecular complexity index is 874. The molecule has 2 unspecified atom stereocenters. The van der Waals surface area contributed by atoms with Crippen molar-refractivity contribution >= 4 is 38.6 Å². The number of anilines is 1. The highest BCUT2D eigenvalue weighted by atomic mass is 32.1. The number of carbonyl (C=O) groups excluding carboxylic acids is 2. The summed E-state index contributed by atoms with van der Waals surface area (Å²) in [6.07, 6.45) is -0.468. The normalized spacial score (nSPS) is 20.1. The summed E-state index contributed by atoms with van der Waals surface area (Å²) in [7, 11) is 0. The van der Waals surface area contributed by atoms with Crippen LogP contribution in [0.5, 0.6) is 0 Å². The van der Waals surface area contributed by atoms with Crippen molar-refractivity contribution < 1.29 is 14.3 Å². The number of aromatic nitrogens is 1. The Kier molecular flexibility index (Phi) is 3.74. The van der Waals surface area contributed by atoms with E-state index < -0.39 is 12.0 Å². The Balaban J connectivity index is 1.57. The first-order valence-electron chi connectivity index (χ1n) is 7.61. The topological polar surface area (TPSA) is 68.3 Å². The number of amides is 1. The molecule has 1 N–H and O–H groups in total. The highest BCUT2D eigenvalue weighted by Crippen LogP contribution is 2.36. The van der Waals surface area contributed by atoms with Gasteiger partial charge in [0.1, 0.15) is 6.10 Å². The van der Waals surface area contributed by atoms with Gasteiger partial charge >= 0.3 is 5.97 Å². The van der Waals surface area contributed by atoms with Crippen LogP contribution in [0.3, 0.4) is 0 Å². The summed E-state index contributed by atoms with van der Waals surface area (Å²) in [4.78, 5) is 28.8. The lowest BCUT2D eigenvalue weighted by Gasteiger charge is -2.16. The summed E-state index contributed by atoms with van der Waals surface area (Å²) in [5.74, 6) is -1.14. The molecule has 1 aromatic heterocycles. The second-order valence-corrected chi connectivity index (χ2v) is 6.64. The van der Waals surface area contributed by atoms with Gasteiger partial charge in [0.15, 0.2) is 5.13 Å². The standard InChI is InChI=1S/C18H14N2O3S/c21-15-10-12(16(23-15)11-6-2-1-3-7-11)17(22)20-18-19-13-8-4-5-9-14(13)24-18/h1-9,12,16H,10H2,(H,19,20,22). The molecule has 1 aliphatic rings. The Morgan fingerprint density at radius 1 is 1.12 bits per heavy atom. The van der Waals surface area contributed by atoms with Gasteiger partial charge in [-0.05, 0) is 17.7 Å². The largest absolute Gasteiger partial charge is 0.457 e. The highest BCUT2D eigenvalue weighted by molar-refractivity contribution is 7.22. The number of hydrogen-bond acceptors (Lipinski definition) is 5. The molecule has 24 heavy (non-hydrogen) atoms. The first kappa shape index (κ1) is 14.8. The molecule has 2 heterocycles. The van der Waals surface area contributed by atoms with E-state index in [2.05, 4.69) is 10.3 Å². The van der Waals surface area contributed by atoms with Crippen LogP contribution in [0.2, 0.25) is 0 Å². The molecule has 0 spiro atoms. The summed E-state index contributed by atoms with van der Waals surface area (Å²) in [5.41, 5.74) is 1.67. The molecule has 1 fully saturated rings. The number of cyclic esters (lactones) is 1. The third-order valence-electron chi connectivity index (χ3n) is 4.00. The highest BCUT2D eigenvalue weighted by Gasteiger charge is 2.41. The molecule has 120 valence electrons. The molecule has 0 saturated carbocycles. The number of fused-ring (bicyclic) bond motifs is 1. The Hall–Kier alpha value is -2.73. The van der Waals surface area contributed by atoms with Crippen molar-refractivity contribution in [1.82, 2.24) is 4.98 Å². The third kappa shape index (κ3) is 2.76. The lowest BCUT2D eigenvalue weighted by atomic mass is 9.94. The number of nitrogens with zero attached hydrogens (tertiary/aromatic N) is 1. The zero-order valence-corrected chi connectivity index (χ0v) is 13.5. The van der Waals surface area contributed by atoms with Gasteiger partial charge in [0.05, 0.1) is 22.6 Å². The third-order valence-corrected chi connectivity index (χ3v) is 4.95. The molecular formula is C18H14N2O3S. The van der Waals surface area contributed by atoms with E-state index in [-0.39, 0.29) is 18.3 Å². The van der Waals surface area contributed by atoms with E-state index in [1.807, 2.05) is 54.6 Å². The molecule has 3 aromatic rings. The monoisotopic (exact) mass is 338 g/mol. The van der Waals surface area contributed by atoms with Gasteiger partial charge in [0.25, 0.3) is 0 Å². The molecule has 2 atom stereocenters. The van der Waals surface area contributed by atoms with Gasteiger partial charge in [-0.2, -0.15) is 0 Å². The number of ether oxygens (including phenoxy) is 1. The number of thiazole rings is 1. The van der Waals surface area contributed by atoms with E-state index in [1.54, 1.807) is 0 Å². The molecule has 0 bridgehead atoms. The van der Waals surface area contributed by atoms with Gasteiger partial charge in [0, 0.05) is 0 Å². The van der Waals surface area contributed by atoms with Crippen LogP contribution in [0.4, 0.5) is 5.13 Å². The fourth-order valence-corrected chi connectivity index (χ4v) is 3.72. The number of rotatable bonds is 3. The molecule has 4 rings (SSSR count). The lowest BCUT2D eigenvalue weighted by Crippen LogP contribution is -2.25. The zero-order chi connectivity index (χ0) is 16.5. The lowest BCUT2D eigenvalue weighted by molar-refractivity contribution is -0.141. The molecule has 5 nitrogen and oxygen atoms in total. The second kappa shape index (κ2) is 6.05. The first-order valence-corrected chi connectivity index (χ1v) is 8.43. The fraction of sp³-hybridized carbons (Fsp3) is 0.167. The minimum absolute atomic E-state index is 0.0797. The van der Waals surface area contributed by atoms with Crippen LogP contribution in [0.15, 0.2) is 54.6 Å². The van der Waals surface area contributed by atoms with Crippen molar-refractivity contribution in [3.63, 3.8) is 0 Å². The van der Waals surface area contributed by atoms with E-state index in [0.717, 1.165) is 15.8 Å². The summed E-state index contributed by atoms with van der Waals surface area (Å²) in [6.45, 7) is 0. The minimum Gasteiger partial charge on any atom is -0.457 e.